The summed E-state index contributed by atoms with van der Waals surface area (Å²) < 4.78 is 1.69. The van der Waals surface area contributed by atoms with Crippen molar-refractivity contribution in [3.63, 3.8) is 0 Å². The molecule has 4 rings (SSSR count). The Balaban J connectivity index is 1.81. The number of aromatic nitrogens is 2. The Morgan fingerprint density at radius 3 is 2.76 bits per heavy atom. The van der Waals surface area contributed by atoms with Crippen molar-refractivity contribution in [2.45, 2.75) is 43.7 Å². The molecule has 3 aromatic rings. The molecule has 0 N–H and O–H groups in total. The third-order valence-corrected chi connectivity index (χ3v) is 7.46. The van der Waals surface area contributed by atoms with Gasteiger partial charge in [-0.15, -0.1) is 11.3 Å². The second kappa shape index (κ2) is 8.82. The molecule has 2 heterocycles. The van der Waals surface area contributed by atoms with Crippen LogP contribution in [0.5, 0.6) is 0 Å². The van der Waals surface area contributed by atoms with Gasteiger partial charge in [0.15, 0.2) is 5.16 Å². The highest BCUT2D eigenvalue weighted by Gasteiger charge is 2.23. The lowest BCUT2D eigenvalue weighted by atomic mass is 9.97. The number of thioether (sulfide) groups is 1. The number of aryl methyl sites for hydroxylation is 2. The van der Waals surface area contributed by atoms with Crippen molar-refractivity contribution >= 4 is 33.3 Å². The van der Waals surface area contributed by atoms with E-state index in [2.05, 4.69) is 12.1 Å². The van der Waals surface area contributed by atoms with Crippen LogP contribution in [0, 0.1) is 28.6 Å². The van der Waals surface area contributed by atoms with E-state index in [9.17, 15) is 10.1 Å². The first-order valence-corrected chi connectivity index (χ1v) is 11.5. The van der Waals surface area contributed by atoms with E-state index in [1.54, 1.807) is 15.9 Å². The lowest BCUT2D eigenvalue weighted by molar-refractivity contribution is 0.682. The standard InChI is InChI=1S/C22H20N4OS2/c23-12-6-7-15(13-24)14-28-22-25-20-19(17-10-4-5-11-18(17)29-20)21(27)26(22)16-8-2-1-3-9-16/h1-3,8-9,15H,4-7,10-11,14H2/t15-/m1/s1. The molecule has 0 bridgehead atoms. The maximum absolute atomic E-state index is 13.6. The van der Waals surface area contributed by atoms with Gasteiger partial charge in [0.1, 0.15) is 4.83 Å². The Morgan fingerprint density at radius 1 is 1.21 bits per heavy atom. The number of nitriles is 2. The first-order valence-electron chi connectivity index (χ1n) is 9.75. The van der Waals surface area contributed by atoms with E-state index in [4.69, 9.17) is 10.2 Å². The molecule has 1 atom stereocenters. The number of rotatable bonds is 6. The van der Waals surface area contributed by atoms with E-state index in [1.807, 2.05) is 30.3 Å². The van der Waals surface area contributed by atoms with Crippen LogP contribution in [0.4, 0.5) is 0 Å². The molecular weight excluding hydrogens is 400 g/mol. The van der Waals surface area contributed by atoms with Gasteiger partial charge in [0.05, 0.1) is 29.1 Å². The van der Waals surface area contributed by atoms with Gasteiger partial charge in [-0.3, -0.25) is 9.36 Å². The third-order valence-electron chi connectivity index (χ3n) is 5.17. The van der Waals surface area contributed by atoms with Crippen molar-refractivity contribution in [3.05, 3.63) is 51.1 Å². The minimum atomic E-state index is -0.243. The summed E-state index contributed by atoms with van der Waals surface area (Å²) in [6, 6.07) is 13.9. The van der Waals surface area contributed by atoms with E-state index in [-0.39, 0.29) is 11.5 Å². The number of para-hydroxylation sites is 1. The number of thiophene rings is 1. The Morgan fingerprint density at radius 2 is 2.00 bits per heavy atom. The van der Waals surface area contributed by atoms with Crippen LogP contribution in [-0.4, -0.2) is 15.3 Å². The third kappa shape index (κ3) is 3.94. The van der Waals surface area contributed by atoms with Crippen LogP contribution >= 0.6 is 23.1 Å². The number of hydrogen-bond acceptors (Lipinski definition) is 6. The highest BCUT2D eigenvalue weighted by molar-refractivity contribution is 7.99. The average Bonchev–Trinajstić information content (AvgIpc) is 3.13. The van der Waals surface area contributed by atoms with E-state index in [0.29, 0.717) is 23.8 Å². The number of hydrogen-bond donors (Lipinski definition) is 0. The molecule has 1 aromatic carbocycles. The van der Waals surface area contributed by atoms with Crippen molar-refractivity contribution in [3.8, 4) is 17.8 Å². The van der Waals surface area contributed by atoms with Crippen molar-refractivity contribution in [1.29, 1.82) is 10.5 Å². The molecule has 0 saturated heterocycles. The quantitative estimate of drug-likeness (QED) is 0.420. The second-order valence-electron chi connectivity index (χ2n) is 7.10. The summed E-state index contributed by atoms with van der Waals surface area (Å²) in [7, 11) is 0. The SMILES string of the molecule is N#CCC[C@H](C#N)CSc1nc2sc3c(c2c(=O)n1-c1ccccc1)CCCC3. The average molecular weight is 421 g/mol. The van der Waals surface area contributed by atoms with E-state index in [1.165, 1.54) is 22.2 Å². The highest BCUT2D eigenvalue weighted by atomic mass is 32.2. The van der Waals surface area contributed by atoms with Crippen LogP contribution in [0.15, 0.2) is 40.3 Å². The lowest BCUT2D eigenvalue weighted by Gasteiger charge is -2.14. The van der Waals surface area contributed by atoms with Crippen LogP contribution in [0.1, 0.15) is 36.1 Å². The van der Waals surface area contributed by atoms with Gasteiger partial charge in [0.25, 0.3) is 5.56 Å². The maximum atomic E-state index is 13.6. The summed E-state index contributed by atoms with van der Waals surface area (Å²) in [5, 5.41) is 19.6. The molecule has 0 fully saturated rings. The van der Waals surface area contributed by atoms with Gasteiger partial charge in [-0.25, -0.2) is 4.98 Å². The van der Waals surface area contributed by atoms with Crippen molar-refractivity contribution in [2.24, 2.45) is 5.92 Å². The smallest absolute Gasteiger partial charge is 0.267 e. The Kier molecular flexibility index (Phi) is 5.99. The molecule has 0 spiro atoms. The molecule has 0 unspecified atom stereocenters. The minimum absolute atomic E-state index is 0.0198. The lowest BCUT2D eigenvalue weighted by Crippen LogP contribution is -2.22. The van der Waals surface area contributed by atoms with Gasteiger partial charge in [0, 0.05) is 17.1 Å². The van der Waals surface area contributed by atoms with Gasteiger partial charge in [0.2, 0.25) is 0 Å². The normalized spacial score (nSPS) is 14.1. The molecule has 29 heavy (non-hydrogen) atoms. The molecule has 146 valence electrons. The fraction of sp³-hybridized carbons (Fsp3) is 0.364. The molecule has 5 nitrogen and oxygen atoms in total. The molecule has 0 aliphatic heterocycles. The summed E-state index contributed by atoms with van der Waals surface area (Å²) in [6.45, 7) is 0. The summed E-state index contributed by atoms with van der Waals surface area (Å²) in [4.78, 5) is 20.6. The largest absolute Gasteiger partial charge is 0.268 e. The fourth-order valence-corrected chi connectivity index (χ4v) is 6.06. The van der Waals surface area contributed by atoms with Gasteiger partial charge in [-0.2, -0.15) is 10.5 Å². The van der Waals surface area contributed by atoms with Crippen molar-refractivity contribution in [1.82, 2.24) is 9.55 Å². The zero-order chi connectivity index (χ0) is 20.2. The summed E-state index contributed by atoms with van der Waals surface area (Å²) in [5.74, 6) is 0.265. The highest BCUT2D eigenvalue weighted by Crippen LogP contribution is 2.35. The monoisotopic (exact) mass is 420 g/mol. The molecule has 1 aliphatic carbocycles. The number of nitrogens with zero attached hydrogens (tertiary/aromatic N) is 4. The minimum Gasteiger partial charge on any atom is -0.268 e. The van der Waals surface area contributed by atoms with Crippen LogP contribution in [0.25, 0.3) is 15.9 Å². The van der Waals surface area contributed by atoms with E-state index < -0.39 is 0 Å². The predicted molar refractivity (Wildman–Crippen MR) is 117 cm³/mol. The molecule has 1 aliphatic rings. The molecule has 7 heteroatoms. The molecule has 2 aromatic heterocycles. The summed E-state index contributed by atoms with van der Waals surface area (Å²) in [6.07, 6.45) is 5.13. The number of benzene rings is 1. The van der Waals surface area contributed by atoms with Gasteiger partial charge >= 0.3 is 0 Å². The Labute approximate surface area is 177 Å². The topological polar surface area (TPSA) is 82.5 Å². The fourth-order valence-electron chi connectivity index (χ4n) is 3.69. The van der Waals surface area contributed by atoms with Crippen molar-refractivity contribution in [2.75, 3.05) is 5.75 Å². The predicted octanol–water partition coefficient (Wildman–Crippen LogP) is 4.86. The zero-order valence-corrected chi connectivity index (χ0v) is 17.6. The first-order chi connectivity index (χ1) is 14.2. The van der Waals surface area contributed by atoms with E-state index >= 15 is 0 Å². The molecule has 0 amide bonds. The summed E-state index contributed by atoms with van der Waals surface area (Å²) in [5.41, 5.74) is 1.95. The van der Waals surface area contributed by atoms with Crippen molar-refractivity contribution < 1.29 is 0 Å². The first kappa shape index (κ1) is 19.7. The summed E-state index contributed by atoms with van der Waals surface area (Å²) >= 11 is 3.07. The second-order valence-corrected chi connectivity index (χ2v) is 9.17. The van der Waals surface area contributed by atoms with Crippen LogP contribution in [-0.2, 0) is 12.8 Å². The molecule has 0 radical (unpaired) electrons. The Hall–Kier alpha value is -2.61. The molecule has 0 saturated carbocycles. The molecular formula is C22H20N4OS2. The van der Waals surface area contributed by atoms with Crippen LogP contribution in [0.2, 0.25) is 0 Å². The van der Waals surface area contributed by atoms with Crippen LogP contribution in [0.3, 0.4) is 0 Å². The van der Waals surface area contributed by atoms with Gasteiger partial charge in [-0.1, -0.05) is 30.0 Å². The maximum Gasteiger partial charge on any atom is 0.267 e. The number of fused-ring (bicyclic) bond motifs is 3. The Bertz CT molecular complexity index is 1170. The van der Waals surface area contributed by atoms with Gasteiger partial charge in [-0.05, 0) is 49.8 Å². The van der Waals surface area contributed by atoms with E-state index in [0.717, 1.165) is 41.6 Å². The zero-order valence-electron chi connectivity index (χ0n) is 15.9. The van der Waals surface area contributed by atoms with Gasteiger partial charge < -0.3 is 0 Å². The van der Waals surface area contributed by atoms with Crippen LogP contribution < -0.4 is 5.56 Å².